The predicted molar refractivity (Wildman–Crippen MR) is 134 cm³/mol. The van der Waals surface area contributed by atoms with Gasteiger partial charge in [-0.15, -0.1) is 0 Å². The topological polar surface area (TPSA) is 27.2 Å². The van der Waals surface area contributed by atoms with E-state index in [0.29, 0.717) is 0 Å². The van der Waals surface area contributed by atoms with Gasteiger partial charge in [0.25, 0.3) is 0 Å². The van der Waals surface area contributed by atoms with Gasteiger partial charge in [0.1, 0.15) is 0 Å². The molecule has 7 aromatic rings. The largest absolute Gasteiger partial charge is 0.344 e. The lowest BCUT2D eigenvalue weighted by Crippen LogP contribution is -1.87. The van der Waals surface area contributed by atoms with Gasteiger partial charge in [0.2, 0.25) is 5.78 Å². The zero-order chi connectivity index (χ0) is 21.8. The fraction of sp³-hybridized carbons (Fsp3) is 0.107. The zero-order valence-corrected chi connectivity index (χ0v) is 18.4. The van der Waals surface area contributed by atoms with Crippen molar-refractivity contribution in [1.29, 1.82) is 0 Å². The van der Waals surface area contributed by atoms with Crippen molar-refractivity contribution >= 4 is 49.7 Å². The van der Waals surface area contributed by atoms with Gasteiger partial charge < -0.3 is 9.13 Å². The van der Waals surface area contributed by atoms with Gasteiger partial charge in [0, 0.05) is 35.9 Å². The van der Waals surface area contributed by atoms with Crippen LogP contribution in [0.3, 0.4) is 0 Å². The van der Waals surface area contributed by atoms with Crippen LogP contribution in [0.25, 0.3) is 49.7 Å². The van der Waals surface area contributed by atoms with Gasteiger partial charge in [-0.2, -0.15) is 0 Å². The lowest BCUT2D eigenvalue weighted by Gasteiger charge is -1.97. The molecule has 0 fully saturated rings. The van der Waals surface area contributed by atoms with Crippen LogP contribution in [0.15, 0.2) is 91.0 Å². The average Bonchev–Trinajstić information content (AvgIpc) is 3.44. The molecule has 0 bridgehead atoms. The SMILES string of the molecule is Cc1ccc2c(c1)n1c3ccccc3nc1n2C.Cn1c2ccccc2c2ccccc21. The Morgan fingerprint density at radius 3 is 1.84 bits per heavy atom. The summed E-state index contributed by atoms with van der Waals surface area (Å²) >= 11 is 0. The zero-order valence-electron chi connectivity index (χ0n) is 18.4. The summed E-state index contributed by atoms with van der Waals surface area (Å²) in [6.45, 7) is 2.12. The third-order valence-electron chi connectivity index (χ3n) is 6.40. The van der Waals surface area contributed by atoms with Crippen LogP contribution in [0.2, 0.25) is 0 Å². The Balaban J connectivity index is 0.000000126. The summed E-state index contributed by atoms with van der Waals surface area (Å²) in [6, 6.07) is 31.8. The van der Waals surface area contributed by atoms with Crippen molar-refractivity contribution in [2.75, 3.05) is 0 Å². The molecule has 0 aliphatic carbocycles. The van der Waals surface area contributed by atoms with Crippen LogP contribution < -0.4 is 0 Å². The van der Waals surface area contributed by atoms with Gasteiger partial charge in [-0.1, -0.05) is 54.6 Å². The molecule has 0 spiro atoms. The molecule has 3 heterocycles. The maximum Gasteiger partial charge on any atom is 0.215 e. The normalized spacial score (nSPS) is 11.6. The fourth-order valence-electron chi connectivity index (χ4n) is 4.80. The molecule has 4 heteroatoms. The van der Waals surface area contributed by atoms with Crippen LogP contribution >= 0.6 is 0 Å². The molecule has 156 valence electrons. The molecule has 0 radical (unpaired) electrons. The van der Waals surface area contributed by atoms with Crippen molar-refractivity contribution < 1.29 is 0 Å². The monoisotopic (exact) mass is 416 g/mol. The molecule has 0 aliphatic heterocycles. The van der Waals surface area contributed by atoms with E-state index in [-0.39, 0.29) is 0 Å². The first-order valence-electron chi connectivity index (χ1n) is 10.9. The first kappa shape index (κ1) is 18.7. The Bertz CT molecular complexity index is 1710. The van der Waals surface area contributed by atoms with Gasteiger partial charge >= 0.3 is 0 Å². The van der Waals surface area contributed by atoms with Gasteiger partial charge in [-0.05, 0) is 48.9 Å². The number of imidazole rings is 2. The molecule has 4 aromatic carbocycles. The molecule has 0 aliphatic rings. The summed E-state index contributed by atoms with van der Waals surface area (Å²) in [5.41, 5.74) is 8.53. The number of hydrogen-bond acceptors (Lipinski definition) is 1. The fourth-order valence-corrected chi connectivity index (χ4v) is 4.80. The number of aryl methyl sites for hydroxylation is 3. The molecule has 0 saturated carbocycles. The third kappa shape index (κ3) is 2.66. The Labute approximate surface area is 185 Å². The molecule has 0 N–H and O–H groups in total. The number of nitrogens with zero attached hydrogens (tertiary/aromatic N) is 4. The minimum absolute atomic E-state index is 0.997. The first-order chi connectivity index (χ1) is 15.6. The van der Waals surface area contributed by atoms with Crippen molar-refractivity contribution in [2.24, 2.45) is 14.1 Å². The van der Waals surface area contributed by atoms with E-state index < -0.39 is 0 Å². The number of aromatic nitrogens is 4. The van der Waals surface area contributed by atoms with Crippen molar-refractivity contribution in [1.82, 2.24) is 18.5 Å². The van der Waals surface area contributed by atoms with E-state index in [1.165, 1.54) is 43.9 Å². The third-order valence-corrected chi connectivity index (χ3v) is 6.40. The van der Waals surface area contributed by atoms with Crippen LogP contribution in [0.1, 0.15) is 5.56 Å². The molecule has 4 nitrogen and oxygen atoms in total. The number of hydrogen-bond donors (Lipinski definition) is 0. The second kappa shape index (κ2) is 6.99. The summed E-state index contributed by atoms with van der Waals surface area (Å²) in [4.78, 5) is 4.71. The highest BCUT2D eigenvalue weighted by Crippen LogP contribution is 2.27. The Morgan fingerprint density at radius 2 is 1.16 bits per heavy atom. The van der Waals surface area contributed by atoms with E-state index in [1.807, 2.05) is 6.07 Å². The van der Waals surface area contributed by atoms with E-state index >= 15 is 0 Å². The Kier molecular flexibility index (Phi) is 4.08. The highest BCUT2D eigenvalue weighted by atomic mass is 15.2. The van der Waals surface area contributed by atoms with Gasteiger partial charge in [-0.3, -0.25) is 4.40 Å². The van der Waals surface area contributed by atoms with E-state index in [0.717, 1.165) is 11.3 Å². The first-order valence-corrected chi connectivity index (χ1v) is 10.9. The maximum atomic E-state index is 4.71. The van der Waals surface area contributed by atoms with Crippen molar-refractivity contribution in [2.45, 2.75) is 6.92 Å². The second-order valence-electron chi connectivity index (χ2n) is 8.38. The number of benzene rings is 4. The lowest BCUT2D eigenvalue weighted by molar-refractivity contribution is 0.973. The molecular weight excluding hydrogens is 392 g/mol. The molecule has 0 amide bonds. The highest BCUT2D eigenvalue weighted by molar-refractivity contribution is 6.07. The smallest absolute Gasteiger partial charge is 0.215 e. The summed E-state index contributed by atoms with van der Waals surface area (Å²) in [5, 5.41) is 2.68. The predicted octanol–water partition coefficient (Wildman–Crippen LogP) is 6.62. The molecule has 32 heavy (non-hydrogen) atoms. The second-order valence-corrected chi connectivity index (χ2v) is 8.38. The van der Waals surface area contributed by atoms with Gasteiger partial charge in [-0.25, -0.2) is 4.98 Å². The molecule has 0 unspecified atom stereocenters. The van der Waals surface area contributed by atoms with Crippen molar-refractivity contribution in [3.8, 4) is 0 Å². The van der Waals surface area contributed by atoms with Crippen molar-refractivity contribution in [3.63, 3.8) is 0 Å². The number of para-hydroxylation sites is 4. The van der Waals surface area contributed by atoms with Crippen LogP contribution in [0.5, 0.6) is 0 Å². The average molecular weight is 417 g/mol. The summed E-state index contributed by atoms with van der Waals surface area (Å²) in [7, 11) is 4.18. The van der Waals surface area contributed by atoms with E-state index in [1.54, 1.807) is 0 Å². The summed E-state index contributed by atoms with van der Waals surface area (Å²) in [5.74, 6) is 0.997. The molecule has 0 atom stereocenters. The maximum absolute atomic E-state index is 4.71. The molecule has 7 rings (SSSR count). The number of rotatable bonds is 0. The minimum atomic E-state index is 0.997. The number of fused-ring (bicyclic) bond motifs is 8. The highest BCUT2D eigenvalue weighted by Gasteiger charge is 2.13. The quantitative estimate of drug-likeness (QED) is 0.273. The Hall–Kier alpha value is -4.05. The molecular formula is C28H24N4. The van der Waals surface area contributed by atoms with Crippen LogP contribution in [-0.2, 0) is 14.1 Å². The summed E-state index contributed by atoms with van der Waals surface area (Å²) < 4.78 is 6.62. The molecule has 3 aromatic heterocycles. The lowest BCUT2D eigenvalue weighted by atomic mass is 10.2. The standard InChI is InChI=1S/C15H13N3.C13H11N/c1-10-7-8-13-14(9-10)18-12-6-4-3-5-11(12)16-15(18)17(13)2;1-14-12-8-4-2-6-10(12)11-7-3-5-9-13(11)14/h3-9H,1-2H3;2-9H,1H3. The van der Waals surface area contributed by atoms with Crippen LogP contribution in [0.4, 0.5) is 0 Å². The Morgan fingerprint density at radius 1 is 0.562 bits per heavy atom. The summed E-state index contributed by atoms with van der Waals surface area (Å²) in [6.07, 6.45) is 0. The van der Waals surface area contributed by atoms with Gasteiger partial charge in [0.05, 0.1) is 22.1 Å². The molecule has 0 saturated heterocycles. The van der Waals surface area contributed by atoms with E-state index in [9.17, 15) is 0 Å². The van der Waals surface area contributed by atoms with E-state index in [2.05, 4.69) is 119 Å². The van der Waals surface area contributed by atoms with Crippen LogP contribution in [0, 0.1) is 6.92 Å². The van der Waals surface area contributed by atoms with Gasteiger partial charge in [0.15, 0.2) is 0 Å². The van der Waals surface area contributed by atoms with Crippen LogP contribution in [-0.4, -0.2) is 18.5 Å². The van der Waals surface area contributed by atoms with E-state index in [4.69, 9.17) is 4.98 Å². The van der Waals surface area contributed by atoms with Crippen molar-refractivity contribution in [3.05, 3.63) is 96.6 Å². The minimum Gasteiger partial charge on any atom is -0.344 e.